The van der Waals surface area contributed by atoms with Gasteiger partial charge in [0.25, 0.3) is 0 Å². The molecule has 168 valence electrons. The van der Waals surface area contributed by atoms with Gasteiger partial charge in [-0.2, -0.15) is 0 Å². The Morgan fingerprint density at radius 3 is 2.25 bits per heavy atom. The summed E-state index contributed by atoms with van der Waals surface area (Å²) in [5, 5.41) is 11.9. The average molecular weight is 437 g/mol. The molecule has 0 radical (unpaired) electrons. The number of likely N-dealkylation sites (tertiary alicyclic amines) is 1. The summed E-state index contributed by atoms with van der Waals surface area (Å²) in [6.07, 6.45) is 0.514. The second-order valence-corrected chi connectivity index (χ2v) is 9.00. The Morgan fingerprint density at radius 1 is 1.06 bits per heavy atom. The summed E-state index contributed by atoms with van der Waals surface area (Å²) in [6, 6.07) is 16.2. The molecular weight excluding hydrogens is 408 g/mol. The lowest BCUT2D eigenvalue weighted by atomic mass is 9.95. The minimum absolute atomic E-state index is 0.0645. The molecule has 2 aliphatic rings. The lowest BCUT2D eigenvalue weighted by Crippen LogP contribution is -2.58. The van der Waals surface area contributed by atoms with Crippen LogP contribution in [0.1, 0.15) is 43.7 Å². The molecule has 2 aromatic carbocycles. The van der Waals surface area contributed by atoms with Crippen molar-refractivity contribution >= 4 is 18.0 Å². The Bertz CT molecular complexity index is 1000. The molecular formula is C25H28N2O5. The molecule has 0 bridgehead atoms. The zero-order valence-electron chi connectivity index (χ0n) is 18.3. The molecule has 7 nitrogen and oxygen atoms in total. The smallest absolute Gasteiger partial charge is 0.408 e. The van der Waals surface area contributed by atoms with Crippen molar-refractivity contribution in [3.8, 4) is 11.1 Å². The average Bonchev–Trinajstić information content (AvgIpc) is 3.10. The standard InChI is InChI=1S/C25H28N2O5/c1-25(2,23(30)27-13-7-8-16(14-27)22(28)29)26-24(31)32-15-21-19-11-5-3-9-17(19)18-10-4-6-12-20(18)21/h3-6,9-12,16,21H,7-8,13-15H2,1-2H3,(H,26,31)(H,28,29)/t16-/m1/s1. The van der Waals surface area contributed by atoms with E-state index in [0.717, 1.165) is 22.3 Å². The molecule has 1 heterocycles. The molecule has 7 heteroatoms. The molecule has 0 aromatic heterocycles. The maximum atomic E-state index is 13.0. The Morgan fingerprint density at radius 2 is 1.66 bits per heavy atom. The number of hydrogen-bond acceptors (Lipinski definition) is 4. The normalized spacial score (nSPS) is 17.9. The van der Waals surface area contributed by atoms with E-state index >= 15 is 0 Å². The van der Waals surface area contributed by atoms with Gasteiger partial charge in [0.2, 0.25) is 5.91 Å². The fourth-order valence-corrected chi connectivity index (χ4v) is 4.70. The SMILES string of the molecule is CC(C)(NC(=O)OCC1c2ccccc2-c2ccccc21)C(=O)N1CCC[C@@H](C(=O)O)C1. The van der Waals surface area contributed by atoms with Crippen LogP contribution < -0.4 is 5.32 Å². The number of piperidine rings is 1. The first-order valence-corrected chi connectivity index (χ1v) is 10.9. The van der Waals surface area contributed by atoms with Crippen LogP contribution in [0.15, 0.2) is 48.5 Å². The van der Waals surface area contributed by atoms with Gasteiger partial charge < -0.3 is 20.1 Å². The van der Waals surface area contributed by atoms with Crippen LogP contribution in [0.4, 0.5) is 4.79 Å². The fourth-order valence-electron chi connectivity index (χ4n) is 4.70. The number of carbonyl (C=O) groups excluding carboxylic acids is 2. The number of ether oxygens (including phenoxy) is 1. The van der Waals surface area contributed by atoms with Gasteiger partial charge in [-0.3, -0.25) is 9.59 Å². The van der Waals surface area contributed by atoms with E-state index in [9.17, 15) is 19.5 Å². The number of hydrogen-bond donors (Lipinski definition) is 2. The molecule has 0 unspecified atom stereocenters. The van der Waals surface area contributed by atoms with E-state index in [4.69, 9.17) is 4.74 Å². The Hall–Kier alpha value is -3.35. The molecule has 4 rings (SSSR count). The molecule has 2 aromatic rings. The van der Waals surface area contributed by atoms with Crippen molar-refractivity contribution in [2.45, 2.75) is 38.1 Å². The number of aliphatic carboxylic acids is 1. The quantitative estimate of drug-likeness (QED) is 0.746. The van der Waals surface area contributed by atoms with Crippen molar-refractivity contribution in [3.63, 3.8) is 0 Å². The molecule has 1 aliphatic carbocycles. The van der Waals surface area contributed by atoms with Gasteiger partial charge in [0.05, 0.1) is 5.92 Å². The van der Waals surface area contributed by atoms with Gasteiger partial charge in [-0.05, 0) is 48.9 Å². The molecule has 2 amide bonds. The van der Waals surface area contributed by atoms with E-state index < -0.39 is 23.5 Å². The van der Waals surface area contributed by atoms with E-state index in [1.807, 2.05) is 36.4 Å². The van der Waals surface area contributed by atoms with Crippen LogP contribution in [-0.4, -0.2) is 53.2 Å². The number of amides is 2. The van der Waals surface area contributed by atoms with Crippen molar-refractivity contribution in [2.24, 2.45) is 5.92 Å². The third kappa shape index (κ3) is 4.20. The van der Waals surface area contributed by atoms with E-state index in [1.165, 1.54) is 4.90 Å². The number of nitrogens with one attached hydrogen (secondary N) is 1. The van der Waals surface area contributed by atoms with Crippen molar-refractivity contribution in [2.75, 3.05) is 19.7 Å². The minimum atomic E-state index is -1.21. The lowest BCUT2D eigenvalue weighted by Gasteiger charge is -2.36. The van der Waals surface area contributed by atoms with Crippen molar-refractivity contribution < 1.29 is 24.2 Å². The molecule has 0 saturated carbocycles. The zero-order chi connectivity index (χ0) is 22.9. The minimum Gasteiger partial charge on any atom is -0.481 e. The highest BCUT2D eigenvalue weighted by molar-refractivity contribution is 5.89. The topological polar surface area (TPSA) is 95.9 Å². The Kier molecular flexibility index (Phi) is 5.91. The third-order valence-electron chi connectivity index (χ3n) is 6.35. The molecule has 32 heavy (non-hydrogen) atoms. The van der Waals surface area contributed by atoms with E-state index in [-0.39, 0.29) is 25.0 Å². The highest BCUT2D eigenvalue weighted by atomic mass is 16.5. The maximum Gasteiger partial charge on any atom is 0.408 e. The van der Waals surface area contributed by atoms with Gasteiger partial charge in [0.15, 0.2) is 0 Å². The molecule has 1 fully saturated rings. The van der Waals surface area contributed by atoms with Crippen LogP contribution in [0.3, 0.4) is 0 Å². The monoisotopic (exact) mass is 436 g/mol. The summed E-state index contributed by atoms with van der Waals surface area (Å²) >= 11 is 0. The highest BCUT2D eigenvalue weighted by Gasteiger charge is 2.38. The summed E-state index contributed by atoms with van der Waals surface area (Å²) in [5.74, 6) is -1.84. The summed E-state index contributed by atoms with van der Waals surface area (Å²) in [4.78, 5) is 38.4. The number of rotatable bonds is 5. The van der Waals surface area contributed by atoms with Crippen LogP contribution in [0.5, 0.6) is 0 Å². The predicted octanol–water partition coefficient (Wildman–Crippen LogP) is 3.63. The van der Waals surface area contributed by atoms with Crippen LogP contribution in [0.2, 0.25) is 0 Å². The van der Waals surface area contributed by atoms with Gasteiger partial charge >= 0.3 is 12.1 Å². The predicted molar refractivity (Wildman–Crippen MR) is 119 cm³/mol. The van der Waals surface area contributed by atoms with Crippen molar-refractivity contribution in [1.29, 1.82) is 0 Å². The van der Waals surface area contributed by atoms with E-state index in [1.54, 1.807) is 13.8 Å². The number of alkyl carbamates (subject to hydrolysis) is 1. The third-order valence-corrected chi connectivity index (χ3v) is 6.35. The summed E-state index contributed by atoms with van der Waals surface area (Å²) in [7, 11) is 0. The number of carboxylic acids is 1. The second kappa shape index (κ2) is 8.65. The number of carbonyl (C=O) groups is 3. The van der Waals surface area contributed by atoms with Crippen molar-refractivity contribution in [3.05, 3.63) is 59.7 Å². The second-order valence-electron chi connectivity index (χ2n) is 9.00. The van der Waals surface area contributed by atoms with Gasteiger partial charge in [0, 0.05) is 19.0 Å². The largest absolute Gasteiger partial charge is 0.481 e. The number of fused-ring (bicyclic) bond motifs is 3. The van der Waals surface area contributed by atoms with Gasteiger partial charge in [0.1, 0.15) is 12.1 Å². The van der Waals surface area contributed by atoms with Crippen LogP contribution in [-0.2, 0) is 14.3 Å². The lowest BCUT2D eigenvalue weighted by molar-refractivity contribution is -0.147. The fraction of sp³-hybridized carbons (Fsp3) is 0.400. The van der Waals surface area contributed by atoms with Gasteiger partial charge in [-0.15, -0.1) is 0 Å². The number of benzene rings is 2. The first kappa shape index (κ1) is 21.9. The molecule has 2 N–H and O–H groups in total. The zero-order valence-corrected chi connectivity index (χ0v) is 18.3. The first-order valence-electron chi connectivity index (χ1n) is 10.9. The van der Waals surface area contributed by atoms with Gasteiger partial charge in [-0.25, -0.2) is 4.79 Å². The Balaban J connectivity index is 1.40. The molecule has 0 spiro atoms. The summed E-state index contributed by atoms with van der Waals surface area (Å²) in [5.41, 5.74) is 3.31. The van der Waals surface area contributed by atoms with Crippen LogP contribution in [0, 0.1) is 5.92 Å². The first-order chi connectivity index (χ1) is 15.3. The number of carboxylic acid groups (broad SMARTS) is 1. The van der Waals surface area contributed by atoms with Crippen molar-refractivity contribution in [1.82, 2.24) is 10.2 Å². The molecule has 1 aliphatic heterocycles. The summed E-state index contributed by atoms with van der Waals surface area (Å²) in [6.45, 7) is 4.03. The summed E-state index contributed by atoms with van der Waals surface area (Å²) < 4.78 is 5.56. The molecule has 1 saturated heterocycles. The van der Waals surface area contributed by atoms with E-state index in [0.29, 0.717) is 19.4 Å². The number of nitrogens with zero attached hydrogens (tertiary/aromatic N) is 1. The van der Waals surface area contributed by atoms with Crippen LogP contribution in [0.25, 0.3) is 11.1 Å². The molecule has 1 atom stereocenters. The highest BCUT2D eigenvalue weighted by Crippen LogP contribution is 2.44. The van der Waals surface area contributed by atoms with Gasteiger partial charge in [-0.1, -0.05) is 48.5 Å². The Labute approximate surface area is 187 Å². The van der Waals surface area contributed by atoms with E-state index in [2.05, 4.69) is 17.4 Å². The van der Waals surface area contributed by atoms with Crippen LogP contribution >= 0.6 is 0 Å². The maximum absolute atomic E-state index is 13.0.